The molecule has 0 spiro atoms. The van der Waals surface area contributed by atoms with Crippen LogP contribution < -0.4 is 10.6 Å². The largest absolute Gasteiger partial charge is 0.409 e. The van der Waals surface area contributed by atoms with Crippen LogP contribution in [0.3, 0.4) is 0 Å². The average molecular weight is 242 g/mol. The second kappa shape index (κ2) is 5.07. The molecule has 0 bridgehead atoms. The Labute approximate surface area is 100 Å². The van der Waals surface area contributed by atoms with Gasteiger partial charge in [-0.25, -0.2) is 0 Å². The molecule has 0 fully saturated rings. The summed E-state index contributed by atoms with van der Waals surface area (Å²) in [6.07, 6.45) is 0. The van der Waals surface area contributed by atoms with Crippen LogP contribution in [0.2, 0.25) is 5.02 Å². The zero-order valence-corrected chi connectivity index (χ0v) is 10.4. The molecular formula is C11H16ClN3O. The molecule has 0 radical (unpaired) electrons. The van der Waals surface area contributed by atoms with Crippen molar-refractivity contribution in [3.05, 3.63) is 28.8 Å². The molecule has 0 aliphatic heterocycles. The van der Waals surface area contributed by atoms with E-state index in [0.29, 0.717) is 16.6 Å². The fourth-order valence-electron chi connectivity index (χ4n) is 1.29. The number of rotatable bonds is 3. The Kier molecular flexibility index (Phi) is 4.01. The first kappa shape index (κ1) is 12.6. The highest BCUT2D eigenvalue weighted by Gasteiger charge is 2.10. The van der Waals surface area contributed by atoms with Crippen LogP contribution in [-0.2, 0) is 0 Å². The van der Waals surface area contributed by atoms with E-state index in [-0.39, 0.29) is 5.84 Å². The molecule has 16 heavy (non-hydrogen) atoms. The summed E-state index contributed by atoms with van der Waals surface area (Å²) in [6, 6.07) is 5.67. The predicted molar refractivity (Wildman–Crippen MR) is 67.5 cm³/mol. The van der Waals surface area contributed by atoms with Gasteiger partial charge in [-0.15, -0.1) is 0 Å². The van der Waals surface area contributed by atoms with Crippen LogP contribution in [0.4, 0.5) is 5.69 Å². The Morgan fingerprint density at radius 1 is 1.50 bits per heavy atom. The maximum Gasteiger partial charge on any atom is 0.170 e. The summed E-state index contributed by atoms with van der Waals surface area (Å²) in [5.74, 6) is 0.0562. The van der Waals surface area contributed by atoms with Gasteiger partial charge in [0.2, 0.25) is 0 Å². The van der Waals surface area contributed by atoms with Gasteiger partial charge < -0.3 is 15.8 Å². The average Bonchev–Trinajstić information content (AvgIpc) is 2.26. The summed E-state index contributed by atoms with van der Waals surface area (Å²) in [5.41, 5.74) is 7.00. The van der Waals surface area contributed by atoms with E-state index in [1.807, 2.05) is 13.1 Å². The summed E-state index contributed by atoms with van der Waals surface area (Å²) in [6.45, 7) is 4.15. The third-order valence-corrected chi connectivity index (χ3v) is 2.81. The lowest BCUT2D eigenvalue weighted by Gasteiger charge is -2.25. The van der Waals surface area contributed by atoms with E-state index in [2.05, 4.69) is 23.9 Å². The first-order valence-electron chi connectivity index (χ1n) is 4.97. The van der Waals surface area contributed by atoms with Crippen molar-refractivity contribution >= 4 is 23.1 Å². The maximum atomic E-state index is 8.56. The van der Waals surface area contributed by atoms with Gasteiger partial charge in [-0.3, -0.25) is 0 Å². The van der Waals surface area contributed by atoms with Gasteiger partial charge >= 0.3 is 0 Å². The van der Waals surface area contributed by atoms with Crippen molar-refractivity contribution in [3.8, 4) is 0 Å². The minimum Gasteiger partial charge on any atom is -0.409 e. The number of hydrogen-bond acceptors (Lipinski definition) is 3. The SMILES string of the molecule is CC(C)N(C)c1ccc(C(N)=NO)cc1Cl. The molecule has 0 aromatic heterocycles. The number of nitrogens with two attached hydrogens (primary N) is 1. The molecule has 0 unspecified atom stereocenters. The molecule has 0 aliphatic rings. The van der Waals surface area contributed by atoms with E-state index in [0.717, 1.165) is 5.69 Å². The first-order chi connectivity index (χ1) is 7.47. The number of amidine groups is 1. The molecule has 0 amide bonds. The zero-order valence-electron chi connectivity index (χ0n) is 9.61. The highest BCUT2D eigenvalue weighted by Crippen LogP contribution is 2.27. The van der Waals surface area contributed by atoms with Crippen molar-refractivity contribution in [3.63, 3.8) is 0 Å². The van der Waals surface area contributed by atoms with Crippen molar-refractivity contribution in [2.75, 3.05) is 11.9 Å². The van der Waals surface area contributed by atoms with E-state index in [4.69, 9.17) is 22.5 Å². The van der Waals surface area contributed by atoms with Crippen LogP contribution in [0.25, 0.3) is 0 Å². The Hall–Kier alpha value is -1.42. The van der Waals surface area contributed by atoms with E-state index < -0.39 is 0 Å². The van der Waals surface area contributed by atoms with Gasteiger partial charge in [0, 0.05) is 18.7 Å². The highest BCUT2D eigenvalue weighted by molar-refractivity contribution is 6.33. The molecule has 0 aliphatic carbocycles. The van der Waals surface area contributed by atoms with Crippen molar-refractivity contribution in [1.82, 2.24) is 0 Å². The van der Waals surface area contributed by atoms with Crippen molar-refractivity contribution in [2.24, 2.45) is 10.9 Å². The smallest absolute Gasteiger partial charge is 0.170 e. The summed E-state index contributed by atoms with van der Waals surface area (Å²) >= 11 is 6.14. The van der Waals surface area contributed by atoms with Crippen LogP contribution in [0.1, 0.15) is 19.4 Å². The molecule has 0 saturated carbocycles. The van der Waals surface area contributed by atoms with Gasteiger partial charge in [-0.05, 0) is 32.0 Å². The molecule has 1 aromatic carbocycles. The lowest BCUT2D eigenvalue weighted by atomic mass is 10.1. The van der Waals surface area contributed by atoms with Crippen LogP contribution in [0, 0.1) is 0 Å². The number of halogens is 1. The molecule has 4 nitrogen and oxygen atoms in total. The van der Waals surface area contributed by atoms with E-state index in [9.17, 15) is 0 Å². The third-order valence-electron chi connectivity index (χ3n) is 2.51. The van der Waals surface area contributed by atoms with Crippen LogP contribution in [-0.4, -0.2) is 24.1 Å². The van der Waals surface area contributed by atoms with Gasteiger partial charge in [0.15, 0.2) is 5.84 Å². The van der Waals surface area contributed by atoms with Gasteiger partial charge in [0.05, 0.1) is 10.7 Å². The second-order valence-electron chi connectivity index (χ2n) is 3.86. The first-order valence-corrected chi connectivity index (χ1v) is 5.35. The number of anilines is 1. The number of hydrogen-bond donors (Lipinski definition) is 2. The topological polar surface area (TPSA) is 61.8 Å². The molecule has 0 heterocycles. The zero-order chi connectivity index (χ0) is 12.3. The molecule has 88 valence electrons. The van der Waals surface area contributed by atoms with Crippen molar-refractivity contribution < 1.29 is 5.21 Å². The standard InChI is InChI=1S/C11H16ClN3O/c1-7(2)15(3)10-5-4-8(6-9(10)12)11(13)14-16/h4-7,16H,1-3H3,(H2,13,14). The summed E-state index contributed by atoms with van der Waals surface area (Å²) in [7, 11) is 1.97. The van der Waals surface area contributed by atoms with Crippen molar-refractivity contribution in [2.45, 2.75) is 19.9 Å². The van der Waals surface area contributed by atoms with E-state index in [1.165, 1.54) is 0 Å². The lowest BCUT2D eigenvalue weighted by Crippen LogP contribution is -2.26. The van der Waals surface area contributed by atoms with E-state index in [1.54, 1.807) is 12.1 Å². The van der Waals surface area contributed by atoms with Gasteiger partial charge in [0.1, 0.15) is 0 Å². The fourth-order valence-corrected chi connectivity index (χ4v) is 1.60. The molecule has 0 atom stereocenters. The molecule has 0 saturated heterocycles. The van der Waals surface area contributed by atoms with E-state index >= 15 is 0 Å². The van der Waals surface area contributed by atoms with Gasteiger partial charge in [-0.1, -0.05) is 16.8 Å². The minimum atomic E-state index is 0.0562. The number of oxime groups is 1. The molecule has 3 N–H and O–H groups in total. The summed E-state index contributed by atoms with van der Waals surface area (Å²) in [5, 5.41) is 12.1. The van der Waals surface area contributed by atoms with Crippen LogP contribution in [0.5, 0.6) is 0 Å². The second-order valence-corrected chi connectivity index (χ2v) is 4.26. The fraction of sp³-hybridized carbons (Fsp3) is 0.364. The maximum absolute atomic E-state index is 8.56. The minimum absolute atomic E-state index is 0.0562. The predicted octanol–water partition coefficient (Wildman–Crippen LogP) is 2.28. The molecule has 1 aromatic rings. The number of nitrogens with zero attached hydrogens (tertiary/aromatic N) is 2. The van der Waals surface area contributed by atoms with Crippen LogP contribution >= 0.6 is 11.6 Å². The summed E-state index contributed by atoms with van der Waals surface area (Å²) < 4.78 is 0. The van der Waals surface area contributed by atoms with Crippen LogP contribution in [0.15, 0.2) is 23.4 Å². The van der Waals surface area contributed by atoms with Crippen molar-refractivity contribution in [1.29, 1.82) is 0 Å². The molecule has 1 rings (SSSR count). The summed E-state index contributed by atoms with van der Waals surface area (Å²) in [4.78, 5) is 2.05. The third kappa shape index (κ3) is 2.58. The molecular weight excluding hydrogens is 226 g/mol. The molecule has 5 heteroatoms. The monoisotopic (exact) mass is 241 g/mol. The van der Waals surface area contributed by atoms with Gasteiger partial charge in [0.25, 0.3) is 0 Å². The van der Waals surface area contributed by atoms with Gasteiger partial charge in [-0.2, -0.15) is 0 Å². The Morgan fingerprint density at radius 3 is 2.56 bits per heavy atom. The number of benzene rings is 1. The Balaban J connectivity index is 3.10. The normalized spacial score (nSPS) is 11.9. The Morgan fingerprint density at radius 2 is 2.12 bits per heavy atom. The quantitative estimate of drug-likeness (QED) is 0.369. The lowest BCUT2D eigenvalue weighted by molar-refractivity contribution is 0.318. The Bertz CT molecular complexity index is 404. The highest BCUT2D eigenvalue weighted by atomic mass is 35.5.